The number of carbonyl (C=O) groups excluding carboxylic acids is 2. The fourth-order valence-corrected chi connectivity index (χ4v) is 3.54. The molecular formula is C17H10Cl2N2O5S. The van der Waals surface area contributed by atoms with Crippen molar-refractivity contribution in [1.29, 1.82) is 0 Å². The lowest BCUT2D eigenvalue weighted by atomic mass is 10.1. The number of carbonyl (C=O) groups is 2. The molecule has 3 rings (SSSR count). The van der Waals surface area contributed by atoms with Gasteiger partial charge in [0.2, 0.25) is 0 Å². The molecule has 0 bridgehead atoms. The summed E-state index contributed by atoms with van der Waals surface area (Å²) in [6.45, 7) is 0. The van der Waals surface area contributed by atoms with E-state index in [4.69, 9.17) is 27.9 Å². The molecule has 0 aliphatic carbocycles. The number of imide groups is 1. The smallest absolute Gasteiger partial charge is 0.311 e. The fourth-order valence-electron chi connectivity index (χ4n) is 2.41. The molecule has 138 valence electrons. The largest absolute Gasteiger partial charge is 0.490 e. The van der Waals surface area contributed by atoms with Crippen LogP contribution in [0.25, 0.3) is 6.08 Å². The monoisotopic (exact) mass is 424 g/mol. The Hall–Kier alpha value is -2.55. The number of anilines is 1. The van der Waals surface area contributed by atoms with Crippen LogP contribution in [0, 0.1) is 10.1 Å². The fraction of sp³-hybridized carbons (Fsp3) is 0.0588. The first-order valence-corrected chi connectivity index (χ1v) is 8.94. The number of thioether (sulfide) groups is 1. The van der Waals surface area contributed by atoms with Gasteiger partial charge >= 0.3 is 5.69 Å². The van der Waals surface area contributed by atoms with Crippen molar-refractivity contribution >= 4 is 63.6 Å². The number of benzene rings is 2. The maximum atomic E-state index is 12.6. The van der Waals surface area contributed by atoms with Crippen LogP contribution >= 0.6 is 35.0 Å². The van der Waals surface area contributed by atoms with Gasteiger partial charge in [0.1, 0.15) is 0 Å². The second kappa shape index (κ2) is 7.59. The maximum absolute atomic E-state index is 12.6. The number of amides is 2. The predicted octanol–water partition coefficient (Wildman–Crippen LogP) is 5.15. The highest BCUT2D eigenvalue weighted by atomic mass is 35.5. The lowest BCUT2D eigenvalue weighted by molar-refractivity contribution is -0.385. The zero-order valence-electron chi connectivity index (χ0n) is 13.6. The number of hydrogen-bond acceptors (Lipinski definition) is 6. The molecule has 2 amide bonds. The van der Waals surface area contributed by atoms with Gasteiger partial charge in [0.25, 0.3) is 11.1 Å². The third-order valence-electron chi connectivity index (χ3n) is 3.65. The molecule has 0 aromatic heterocycles. The van der Waals surface area contributed by atoms with Gasteiger partial charge in [-0.1, -0.05) is 29.3 Å². The Bertz CT molecular complexity index is 1010. The topological polar surface area (TPSA) is 89.8 Å². The van der Waals surface area contributed by atoms with E-state index in [1.54, 1.807) is 6.07 Å². The number of nitro benzene ring substituents is 1. The average Bonchev–Trinajstić information content (AvgIpc) is 2.91. The number of hydrogen-bond donors (Lipinski definition) is 0. The van der Waals surface area contributed by atoms with Crippen molar-refractivity contribution in [3.63, 3.8) is 0 Å². The van der Waals surface area contributed by atoms with Gasteiger partial charge in [0.05, 0.1) is 32.7 Å². The van der Waals surface area contributed by atoms with Gasteiger partial charge in [-0.15, -0.1) is 0 Å². The van der Waals surface area contributed by atoms with Crippen LogP contribution in [0.1, 0.15) is 5.56 Å². The highest BCUT2D eigenvalue weighted by Gasteiger charge is 2.36. The van der Waals surface area contributed by atoms with E-state index >= 15 is 0 Å². The Morgan fingerprint density at radius 3 is 2.52 bits per heavy atom. The number of rotatable bonds is 4. The van der Waals surface area contributed by atoms with Crippen molar-refractivity contribution in [2.24, 2.45) is 0 Å². The Morgan fingerprint density at radius 2 is 1.89 bits per heavy atom. The van der Waals surface area contributed by atoms with Crippen molar-refractivity contribution in [3.8, 4) is 5.75 Å². The summed E-state index contributed by atoms with van der Waals surface area (Å²) in [4.78, 5) is 36.6. The Kier molecular flexibility index (Phi) is 5.41. The van der Waals surface area contributed by atoms with Gasteiger partial charge < -0.3 is 4.74 Å². The quantitative estimate of drug-likeness (QED) is 0.382. The molecule has 0 saturated carbocycles. The number of nitro groups is 1. The molecule has 0 unspecified atom stereocenters. The molecule has 2 aromatic rings. The van der Waals surface area contributed by atoms with E-state index < -0.39 is 16.1 Å². The third-order valence-corrected chi connectivity index (χ3v) is 5.26. The minimum atomic E-state index is -0.586. The first-order chi connectivity index (χ1) is 12.8. The highest BCUT2D eigenvalue weighted by molar-refractivity contribution is 8.19. The van der Waals surface area contributed by atoms with Gasteiger partial charge in [-0.2, -0.15) is 0 Å². The lowest BCUT2D eigenvalue weighted by Gasteiger charge is -2.13. The normalized spacial score (nSPS) is 15.5. The van der Waals surface area contributed by atoms with E-state index in [1.807, 2.05) is 0 Å². The lowest BCUT2D eigenvalue weighted by Crippen LogP contribution is -2.27. The molecule has 1 aliphatic heterocycles. The van der Waals surface area contributed by atoms with E-state index in [-0.39, 0.29) is 27.1 Å². The molecule has 1 fully saturated rings. The van der Waals surface area contributed by atoms with E-state index in [1.165, 1.54) is 43.5 Å². The van der Waals surface area contributed by atoms with Crippen molar-refractivity contribution in [2.45, 2.75) is 0 Å². The van der Waals surface area contributed by atoms with Crippen LogP contribution in [-0.4, -0.2) is 23.2 Å². The average molecular weight is 425 g/mol. The van der Waals surface area contributed by atoms with Crippen LogP contribution < -0.4 is 9.64 Å². The van der Waals surface area contributed by atoms with Crippen LogP contribution in [0.3, 0.4) is 0 Å². The van der Waals surface area contributed by atoms with Gasteiger partial charge in [0, 0.05) is 6.07 Å². The summed E-state index contributed by atoms with van der Waals surface area (Å²) in [6, 6.07) is 8.66. The van der Waals surface area contributed by atoms with E-state index in [9.17, 15) is 19.7 Å². The molecule has 2 aromatic carbocycles. The van der Waals surface area contributed by atoms with Crippen LogP contribution in [0.5, 0.6) is 5.75 Å². The van der Waals surface area contributed by atoms with Crippen molar-refractivity contribution in [3.05, 3.63) is 67.0 Å². The van der Waals surface area contributed by atoms with E-state index in [0.717, 1.165) is 16.7 Å². The number of methoxy groups -OCH3 is 1. The summed E-state index contributed by atoms with van der Waals surface area (Å²) in [5, 5.41) is 11.1. The van der Waals surface area contributed by atoms with Crippen LogP contribution in [0.4, 0.5) is 16.2 Å². The van der Waals surface area contributed by atoms with Gasteiger partial charge in [-0.3, -0.25) is 19.7 Å². The minimum absolute atomic E-state index is 0.0982. The van der Waals surface area contributed by atoms with E-state index in [2.05, 4.69) is 0 Å². The molecule has 0 radical (unpaired) electrons. The SMILES string of the molecule is COc1ccc(/C=C2/SC(=O)N(c3ccc(Cl)c(Cl)c3)C2=O)cc1[N+](=O)[O-]. The number of halogens is 2. The standard InChI is InChI=1S/C17H10Cl2N2O5S/c1-26-14-5-2-9(6-13(14)21(24)25)7-15-16(22)20(17(23)27-15)10-3-4-11(18)12(19)8-10/h2-8H,1H3/b15-7+. The zero-order valence-corrected chi connectivity index (χ0v) is 16.0. The highest BCUT2D eigenvalue weighted by Crippen LogP contribution is 2.38. The predicted molar refractivity (Wildman–Crippen MR) is 105 cm³/mol. The first-order valence-electron chi connectivity index (χ1n) is 7.37. The van der Waals surface area contributed by atoms with Crippen molar-refractivity contribution < 1.29 is 19.2 Å². The Labute approximate surface area is 167 Å². The summed E-state index contributed by atoms with van der Waals surface area (Å²) in [5.74, 6) is -0.456. The minimum Gasteiger partial charge on any atom is -0.490 e. The van der Waals surface area contributed by atoms with Crippen LogP contribution in [0.2, 0.25) is 10.0 Å². The molecule has 0 atom stereocenters. The van der Waals surface area contributed by atoms with Gasteiger partial charge in [-0.05, 0) is 47.7 Å². The van der Waals surface area contributed by atoms with Crippen molar-refractivity contribution in [2.75, 3.05) is 12.0 Å². The second-order valence-corrected chi connectivity index (χ2v) is 7.11. The molecular weight excluding hydrogens is 415 g/mol. The maximum Gasteiger partial charge on any atom is 0.311 e. The van der Waals surface area contributed by atoms with Gasteiger partial charge in [0.15, 0.2) is 5.75 Å². The van der Waals surface area contributed by atoms with Gasteiger partial charge in [-0.25, -0.2) is 4.90 Å². The molecule has 0 spiro atoms. The molecule has 10 heteroatoms. The molecule has 1 heterocycles. The Balaban J connectivity index is 1.96. The number of nitrogens with zero attached hydrogens (tertiary/aromatic N) is 2. The summed E-state index contributed by atoms with van der Waals surface area (Å²) in [5.41, 5.74) is 0.438. The summed E-state index contributed by atoms with van der Waals surface area (Å²) in [7, 11) is 1.32. The first kappa shape index (κ1) is 19.2. The summed E-state index contributed by atoms with van der Waals surface area (Å²) >= 11 is 12.5. The van der Waals surface area contributed by atoms with Crippen molar-refractivity contribution in [1.82, 2.24) is 0 Å². The Morgan fingerprint density at radius 1 is 1.15 bits per heavy atom. The second-order valence-electron chi connectivity index (χ2n) is 5.30. The zero-order chi connectivity index (χ0) is 19.7. The molecule has 1 aliphatic rings. The summed E-state index contributed by atoms with van der Waals surface area (Å²) in [6.07, 6.45) is 1.41. The third kappa shape index (κ3) is 3.78. The number of ether oxygens (including phenoxy) is 1. The molecule has 0 N–H and O–H groups in total. The molecule has 1 saturated heterocycles. The molecule has 27 heavy (non-hydrogen) atoms. The van der Waals surface area contributed by atoms with Crippen LogP contribution in [-0.2, 0) is 4.79 Å². The van der Waals surface area contributed by atoms with E-state index in [0.29, 0.717) is 10.6 Å². The van der Waals surface area contributed by atoms with Crippen LogP contribution in [0.15, 0.2) is 41.3 Å². The molecule has 7 nitrogen and oxygen atoms in total. The summed E-state index contributed by atoms with van der Waals surface area (Å²) < 4.78 is 4.95.